The second kappa shape index (κ2) is 10.9. The van der Waals surface area contributed by atoms with Crippen molar-refractivity contribution in [1.82, 2.24) is 0 Å². The van der Waals surface area contributed by atoms with Crippen LogP contribution in [0.1, 0.15) is 23.1 Å². The van der Waals surface area contributed by atoms with Gasteiger partial charge in [0.05, 0.1) is 13.7 Å². The second-order valence-electron chi connectivity index (χ2n) is 6.51. The molecule has 0 saturated heterocycles. The van der Waals surface area contributed by atoms with Gasteiger partial charge in [0.1, 0.15) is 6.61 Å². The maximum Gasteiger partial charge on any atom is 0.162 e. The van der Waals surface area contributed by atoms with Gasteiger partial charge in [0.25, 0.3) is 0 Å². The summed E-state index contributed by atoms with van der Waals surface area (Å²) in [6.45, 7) is 1.88. The summed E-state index contributed by atoms with van der Waals surface area (Å²) in [7, 11) is 1.67. The lowest BCUT2D eigenvalue weighted by molar-refractivity contribution is 0.118. The zero-order valence-electron chi connectivity index (χ0n) is 16.1. The molecule has 0 bridgehead atoms. The van der Waals surface area contributed by atoms with Crippen molar-refractivity contribution in [3.8, 4) is 11.5 Å². The summed E-state index contributed by atoms with van der Waals surface area (Å²) in [6, 6.07) is 24.4. The van der Waals surface area contributed by atoms with E-state index in [4.69, 9.17) is 14.2 Å². The zero-order valence-corrected chi connectivity index (χ0v) is 17.7. The normalized spacial score (nSPS) is 10.6. The molecule has 146 valence electrons. The number of ether oxygens (including phenoxy) is 3. The lowest BCUT2D eigenvalue weighted by Gasteiger charge is -2.14. The van der Waals surface area contributed by atoms with Gasteiger partial charge in [-0.15, -0.1) is 0 Å². The van der Waals surface area contributed by atoms with Gasteiger partial charge in [-0.3, -0.25) is 0 Å². The van der Waals surface area contributed by atoms with E-state index in [1.165, 1.54) is 11.1 Å². The third kappa shape index (κ3) is 6.11. The van der Waals surface area contributed by atoms with E-state index in [-0.39, 0.29) is 0 Å². The van der Waals surface area contributed by atoms with Crippen LogP contribution in [-0.4, -0.2) is 13.7 Å². The van der Waals surface area contributed by atoms with Crippen molar-refractivity contribution >= 4 is 15.9 Å². The van der Waals surface area contributed by atoms with Gasteiger partial charge in [0.2, 0.25) is 0 Å². The Balaban J connectivity index is 1.52. The number of halogens is 1. The largest absolute Gasteiger partial charge is 0.493 e. The molecule has 0 amide bonds. The molecule has 28 heavy (non-hydrogen) atoms. The van der Waals surface area contributed by atoms with Crippen molar-refractivity contribution in [2.75, 3.05) is 13.7 Å². The number of aryl methyl sites for hydroxylation is 1. The average Bonchev–Trinajstić information content (AvgIpc) is 2.74. The molecule has 0 heterocycles. The summed E-state index contributed by atoms with van der Waals surface area (Å²) in [5, 5.41) is 0. The smallest absolute Gasteiger partial charge is 0.162 e. The molecule has 0 fully saturated rings. The van der Waals surface area contributed by atoms with E-state index < -0.39 is 0 Å². The molecule has 0 atom stereocenters. The van der Waals surface area contributed by atoms with Crippen molar-refractivity contribution in [3.05, 3.63) is 94.0 Å². The molecule has 0 N–H and O–H groups in total. The van der Waals surface area contributed by atoms with Crippen molar-refractivity contribution < 1.29 is 14.2 Å². The summed E-state index contributed by atoms with van der Waals surface area (Å²) in [5.41, 5.74) is 3.51. The monoisotopic (exact) mass is 440 g/mol. The maximum atomic E-state index is 5.96. The van der Waals surface area contributed by atoms with Crippen LogP contribution >= 0.6 is 15.9 Å². The van der Waals surface area contributed by atoms with Crippen LogP contribution < -0.4 is 9.47 Å². The minimum Gasteiger partial charge on any atom is -0.493 e. The Kier molecular flexibility index (Phi) is 7.94. The molecule has 0 spiro atoms. The molecule has 4 heteroatoms. The standard InChI is InChI=1S/C24H25BrO3/c1-26-23-15-21(13-8-14-27-17-19-9-4-2-5-10-19)22(25)16-24(23)28-18-20-11-6-3-7-12-20/h2-7,9-12,15-16H,8,13-14,17-18H2,1H3. The van der Waals surface area contributed by atoms with E-state index >= 15 is 0 Å². The van der Waals surface area contributed by atoms with Gasteiger partial charge in [-0.2, -0.15) is 0 Å². The zero-order chi connectivity index (χ0) is 19.6. The predicted octanol–water partition coefficient (Wildman–Crippen LogP) is 6.19. The van der Waals surface area contributed by atoms with Crippen LogP contribution in [0.3, 0.4) is 0 Å². The number of rotatable bonds is 10. The second-order valence-corrected chi connectivity index (χ2v) is 7.36. The van der Waals surface area contributed by atoms with Crippen LogP contribution in [0.2, 0.25) is 0 Å². The van der Waals surface area contributed by atoms with E-state index in [1.54, 1.807) is 7.11 Å². The van der Waals surface area contributed by atoms with Gasteiger partial charge in [-0.25, -0.2) is 0 Å². The maximum absolute atomic E-state index is 5.96. The highest BCUT2D eigenvalue weighted by atomic mass is 79.9. The average molecular weight is 441 g/mol. The molecule has 0 aliphatic carbocycles. The number of hydrogen-bond donors (Lipinski definition) is 0. The fourth-order valence-corrected chi connectivity index (χ4v) is 3.43. The van der Waals surface area contributed by atoms with E-state index in [1.807, 2.05) is 60.7 Å². The first kappa shape index (κ1) is 20.4. The van der Waals surface area contributed by atoms with E-state index in [0.717, 1.165) is 41.0 Å². The van der Waals surface area contributed by atoms with Crippen LogP contribution in [0, 0.1) is 0 Å². The molecule has 0 saturated carbocycles. The molecular weight excluding hydrogens is 416 g/mol. The van der Waals surface area contributed by atoms with Gasteiger partial charge in [0.15, 0.2) is 11.5 Å². The number of methoxy groups -OCH3 is 1. The Morgan fingerprint density at radius 1 is 0.786 bits per heavy atom. The van der Waals surface area contributed by atoms with Crippen LogP contribution in [0.25, 0.3) is 0 Å². The predicted molar refractivity (Wildman–Crippen MR) is 116 cm³/mol. The molecule has 0 unspecified atom stereocenters. The lowest BCUT2D eigenvalue weighted by atomic mass is 10.1. The van der Waals surface area contributed by atoms with Crippen molar-refractivity contribution in [2.45, 2.75) is 26.1 Å². The van der Waals surface area contributed by atoms with Gasteiger partial charge in [-0.05, 0) is 41.7 Å². The van der Waals surface area contributed by atoms with Crippen LogP contribution in [0.4, 0.5) is 0 Å². The Hall–Kier alpha value is -2.30. The first-order valence-corrected chi connectivity index (χ1v) is 10.2. The third-order valence-corrected chi connectivity index (χ3v) is 5.15. The van der Waals surface area contributed by atoms with E-state index in [0.29, 0.717) is 13.2 Å². The fourth-order valence-electron chi connectivity index (χ4n) is 2.91. The highest BCUT2D eigenvalue weighted by molar-refractivity contribution is 9.10. The topological polar surface area (TPSA) is 27.7 Å². The SMILES string of the molecule is COc1cc(CCCOCc2ccccc2)c(Br)cc1OCc1ccccc1. The Morgan fingerprint density at radius 2 is 1.43 bits per heavy atom. The minimum atomic E-state index is 0.510. The minimum absolute atomic E-state index is 0.510. The molecule has 0 radical (unpaired) electrons. The van der Waals surface area contributed by atoms with E-state index in [2.05, 4.69) is 28.1 Å². The highest BCUT2D eigenvalue weighted by Crippen LogP contribution is 2.34. The summed E-state index contributed by atoms with van der Waals surface area (Å²) in [5.74, 6) is 1.49. The van der Waals surface area contributed by atoms with Crippen molar-refractivity contribution in [1.29, 1.82) is 0 Å². The van der Waals surface area contributed by atoms with E-state index in [9.17, 15) is 0 Å². The third-order valence-electron chi connectivity index (χ3n) is 4.42. The van der Waals surface area contributed by atoms with Gasteiger partial charge >= 0.3 is 0 Å². The summed E-state index contributed by atoms with van der Waals surface area (Å²) in [4.78, 5) is 0. The summed E-state index contributed by atoms with van der Waals surface area (Å²) >= 11 is 3.67. The van der Waals surface area contributed by atoms with Crippen LogP contribution in [-0.2, 0) is 24.4 Å². The fraction of sp³-hybridized carbons (Fsp3) is 0.250. The van der Waals surface area contributed by atoms with Gasteiger partial charge in [0, 0.05) is 11.1 Å². The van der Waals surface area contributed by atoms with Crippen LogP contribution in [0.15, 0.2) is 77.3 Å². The van der Waals surface area contributed by atoms with Gasteiger partial charge in [-0.1, -0.05) is 76.6 Å². The molecule has 3 nitrogen and oxygen atoms in total. The molecule has 0 aromatic heterocycles. The molecule has 0 aliphatic heterocycles. The molecule has 3 aromatic rings. The number of benzene rings is 3. The Bertz CT molecular complexity index is 850. The molecule has 3 aromatic carbocycles. The molecule has 3 rings (SSSR count). The lowest BCUT2D eigenvalue weighted by Crippen LogP contribution is -2.01. The first-order chi connectivity index (χ1) is 13.8. The van der Waals surface area contributed by atoms with Crippen molar-refractivity contribution in [2.24, 2.45) is 0 Å². The van der Waals surface area contributed by atoms with Gasteiger partial charge < -0.3 is 14.2 Å². The first-order valence-electron chi connectivity index (χ1n) is 9.41. The Morgan fingerprint density at radius 3 is 2.07 bits per heavy atom. The highest BCUT2D eigenvalue weighted by Gasteiger charge is 2.11. The number of hydrogen-bond acceptors (Lipinski definition) is 3. The van der Waals surface area contributed by atoms with Crippen molar-refractivity contribution in [3.63, 3.8) is 0 Å². The Labute approximate surface area is 175 Å². The summed E-state index contributed by atoms with van der Waals surface area (Å²) in [6.07, 6.45) is 1.85. The summed E-state index contributed by atoms with van der Waals surface area (Å²) < 4.78 is 18.3. The quantitative estimate of drug-likeness (QED) is 0.352. The van der Waals surface area contributed by atoms with Crippen LogP contribution in [0.5, 0.6) is 11.5 Å². The molecule has 0 aliphatic rings. The molecular formula is C24H25BrO3.